The number of fused-ring (bicyclic) bond motifs is 1. The zero-order chi connectivity index (χ0) is 22.0. The molecule has 4 rings (SSSR count). The van der Waals surface area contributed by atoms with E-state index in [2.05, 4.69) is 20.9 Å². The fourth-order valence-corrected chi connectivity index (χ4v) is 5.70. The van der Waals surface area contributed by atoms with Crippen molar-refractivity contribution in [3.63, 3.8) is 0 Å². The number of aromatic nitrogens is 3. The van der Waals surface area contributed by atoms with Gasteiger partial charge in [0.2, 0.25) is 5.91 Å². The molecule has 7 nitrogen and oxygen atoms in total. The number of carbonyl (C=O) groups is 1. The lowest BCUT2D eigenvalue weighted by atomic mass is 9.96. The highest BCUT2D eigenvalue weighted by molar-refractivity contribution is 7.99. The van der Waals surface area contributed by atoms with Gasteiger partial charge in [0.1, 0.15) is 11.5 Å². The third-order valence-corrected chi connectivity index (χ3v) is 7.62. The van der Waals surface area contributed by atoms with E-state index in [0.29, 0.717) is 27.4 Å². The molecule has 0 bridgehead atoms. The number of aryl methyl sites for hydroxylation is 1. The number of ether oxygens (including phenoxy) is 2. The van der Waals surface area contributed by atoms with Crippen LogP contribution in [0.5, 0.6) is 11.5 Å². The second kappa shape index (κ2) is 9.50. The Balaban J connectivity index is 1.45. The quantitative estimate of drug-likeness (QED) is 0.490. The minimum atomic E-state index is -0.190. The fraction of sp³-hybridized carbons (Fsp3) is 0.381. The van der Waals surface area contributed by atoms with E-state index in [1.807, 2.05) is 23.0 Å². The Morgan fingerprint density at radius 1 is 1.23 bits per heavy atom. The molecule has 31 heavy (non-hydrogen) atoms. The molecule has 0 saturated carbocycles. The summed E-state index contributed by atoms with van der Waals surface area (Å²) in [6.07, 6.45) is 4.72. The van der Waals surface area contributed by atoms with Crippen molar-refractivity contribution in [1.82, 2.24) is 14.8 Å². The van der Waals surface area contributed by atoms with Gasteiger partial charge >= 0.3 is 0 Å². The van der Waals surface area contributed by atoms with Gasteiger partial charge < -0.3 is 19.4 Å². The van der Waals surface area contributed by atoms with Crippen LogP contribution in [-0.2, 0) is 24.7 Å². The van der Waals surface area contributed by atoms with Crippen LogP contribution in [0.1, 0.15) is 23.3 Å². The van der Waals surface area contributed by atoms with Crippen molar-refractivity contribution < 1.29 is 14.3 Å². The van der Waals surface area contributed by atoms with Crippen LogP contribution in [-0.4, -0.2) is 40.6 Å². The van der Waals surface area contributed by atoms with Crippen LogP contribution in [0.15, 0.2) is 22.7 Å². The topological polar surface area (TPSA) is 78.3 Å². The molecule has 10 heteroatoms. The molecule has 0 saturated heterocycles. The highest BCUT2D eigenvalue weighted by Crippen LogP contribution is 2.37. The van der Waals surface area contributed by atoms with Gasteiger partial charge in [-0.05, 0) is 31.2 Å². The van der Waals surface area contributed by atoms with E-state index >= 15 is 0 Å². The second-order valence-electron chi connectivity index (χ2n) is 7.15. The summed E-state index contributed by atoms with van der Waals surface area (Å²) in [5.74, 6) is 1.77. The van der Waals surface area contributed by atoms with Crippen LogP contribution in [0.25, 0.3) is 11.4 Å². The number of nitrogens with zero attached hydrogens (tertiary/aromatic N) is 3. The molecule has 2 heterocycles. The number of thioether (sulfide) groups is 1. The van der Waals surface area contributed by atoms with Crippen molar-refractivity contribution in [1.29, 1.82) is 0 Å². The van der Waals surface area contributed by atoms with Gasteiger partial charge in [-0.15, -0.1) is 21.5 Å². The lowest BCUT2D eigenvalue weighted by Gasteiger charge is -2.13. The molecular weight excluding hydrogens is 456 g/mol. The number of anilines is 1. The van der Waals surface area contributed by atoms with Crippen LogP contribution < -0.4 is 14.8 Å². The summed E-state index contributed by atoms with van der Waals surface area (Å²) in [5, 5.41) is 14.9. The highest BCUT2D eigenvalue weighted by atomic mass is 35.5. The first-order valence-electron chi connectivity index (χ1n) is 9.85. The molecule has 0 fully saturated rings. The lowest BCUT2D eigenvalue weighted by Crippen LogP contribution is -2.15. The van der Waals surface area contributed by atoms with Gasteiger partial charge in [0, 0.05) is 35.0 Å². The zero-order valence-corrected chi connectivity index (χ0v) is 19.9. The first-order valence-corrected chi connectivity index (χ1v) is 12.1. The third-order valence-electron chi connectivity index (χ3n) is 5.22. The summed E-state index contributed by atoms with van der Waals surface area (Å²) in [6.45, 7) is 0. The number of hydrogen-bond acceptors (Lipinski definition) is 7. The first kappa shape index (κ1) is 22.0. The van der Waals surface area contributed by atoms with Crippen molar-refractivity contribution in [3.05, 3.63) is 33.0 Å². The minimum absolute atomic E-state index is 0.182. The van der Waals surface area contributed by atoms with Crippen molar-refractivity contribution in [2.75, 3.05) is 25.3 Å². The molecule has 3 aromatic rings. The van der Waals surface area contributed by atoms with E-state index < -0.39 is 0 Å². The Kier molecular flexibility index (Phi) is 6.74. The lowest BCUT2D eigenvalue weighted by molar-refractivity contribution is -0.113. The summed E-state index contributed by atoms with van der Waals surface area (Å²) in [7, 11) is 4.98. The Morgan fingerprint density at radius 2 is 2.00 bits per heavy atom. The Bertz CT molecular complexity index is 1110. The van der Waals surface area contributed by atoms with Crippen LogP contribution in [0.3, 0.4) is 0 Å². The van der Waals surface area contributed by atoms with Gasteiger partial charge in [-0.1, -0.05) is 23.4 Å². The number of thiophene rings is 1. The van der Waals surface area contributed by atoms with Crippen molar-refractivity contribution in [3.8, 4) is 22.9 Å². The third kappa shape index (κ3) is 4.53. The molecule has 164 valence electrons. The molecule has 0 radical (unpaired) electrons. The summed E-state index contributed by atoms with van der Waals surface area (Å²) in [5.41, 5.74) is 3.08. The molecule has 1 aliphatic carbocycles. The maximum atomic E-state index is 12.6. The number of rotatable bonds is 7. The van der Waals surface area contributed by atoms with Gasteiger partial charge in [-0.2, -0.15) is 0 Å². The molecule has 1 amide bonds. The van der Waals surface area contributed by atoms with Crippen LogP contribution in [0.2, 0.25) is 5.02 Å². The Labute approximate surface area is 194 Å². The van der Waals surface area contributed by atoms with E-state index in [1.54, 1.807) is 12.1 Å². The molecule has 0 atom stereocenters. The average molecular weight is 479 g/mol. The molecule has 0 aliphatic heterocycles. The number of benzene rings is 1. The Hall–Kier alpha value is -2.23. The van der Waals surface area contributed by atoms with E-state index in [1.165, 1.54) is 54.8 Å². The van der Waals surface area contributed by atoms with Crippen molar-refractivity contribution in [2.45, 2.75) is 30.8 Å². The average Bonchev–Trinajstić information content (AvgIpc) is 3.36. The van der Waals surface area contributed by atoms with Gasteiger partial charge in [0.15, 0.2) is 11.0 Å². The number of amides is 1. The van der Waals surface area contributed by atoms with Crippen LogP contribution >= 0.6 is 34.7 Å². The number of methoxy groups -OCH3 is 2. The first-order chi connectivity index (χ1) is 15.0. The predicted octanol–water partition coefficient (Wildman–Crippen LogP) is 4.82. The summed E-state index contributed by atoms with van der Waals surface area (Å²) >= 11 is 9.27. The molecule has 0 unspecified atom stereocenters. The maximum Gasteiger partial charge on any atom is 0.234 e. The number of halogens is 1. The SMILES string of the molecule is COc1cc(NC(=O)CSc2nnc(-c3csc4c3CCCC4)n2C)c(OC)cc1Cl. The van der Waals surface area contributed by atoms with Gasteiger partial charge in [-0.3, -0.25) is 4.79 Å². The van der Waals surface area contributed by atoms with E-state index in [4.69, 9.17) is 21.1 Å². The fourth-order valence-electron chi connectivity index (χ4n) is 3.63. The minimum Gasteiger partial charge on any atom is -0.495 e. The number of nitrogens with one attached hydrogen (secondary N) is 1. The summed E-state index contributed by atoms with van der Waals surface area (Å²) in [6, 6.07) is 3.25. The van der Waals surface area contributed by atoms with E-state index in [0.717, 1.165) is 18.7 Å². The van der Waals surface area contributed by atoms with Crippen LogP contribution in [0.4, 0.5) is 5.69 Å². The smallest absolute Gasteiger partial charge is 0.234 e. The Morgan fingerprint density at radius 3 is 2.77 bits per heavy atom. The molecular formula is C21H23ClN4O3S2. The highest BCUT2D eigenvalue weighted by Gasteiger charge is 2.21. The van der Waals surface area contributed by atoms with Crippen molar-refractivity contribution in [2.24, 2.45) is 7.05 Å². The van der Waals surface area contributed by atoms with E-state index in [-0.39, 0.29) is 11.7 Å². The normalized spacial score (nSPS) is 13.0. The molecule has 0 spiro atoms. The maximum absolute atomic E-state index is 12.6. The molecule has 1 aromatic carbocycles. The zero-order valence-electron chi connectivity index (χ0n) is 17.5. The summed E-state index contributed by atoms with van der Waals surface area (Å²) < 4.78 is 12.5. The largest absolute Gasteiger partial charge is 0.495 e. The monoisotopic (exact) mass is 478 g/mol. The summed E-state index contributed by atoms with van der Waals surface area (Å²) in [4.78, 5) is 14.0. The molecule has 2 aromatic heterocycles. The molecule has 1 N–H and O–H groups in total. The van der Waals surface area contributed by atoms with Gasteiger partial charge in [0.25, 0.3) is 0 Å². The van der Waals surface area contributed by atoms with Crippen LogP contribution in [0, 0.1) is 0 Å². The second-order valence-corrected chi connectivity index (χ2v) is 9.46. The standard InChI is InChI=1S/C21H23ClN4O3S2/c1-26-20(13-10-30-18-7-5-4-6-12(13)18)24-25-21(26)31-11-19(27)23-15-9-16(28-2)14(22)8-17(15)29-3/h8-10H,4-7,11H2,1-3H3,(H,23,27). The number of carbonyl (C=O) groups excluding carboxylic acids is 1. The van der Waals surface area contributed by atoms with E-state index in [9.17, 15) is 4.79 Å². The predicted molar refractivity (Wildman–Crippen MR) is 125 cm³/mol. The molecule has 1 aliphatic rings. The van der Waals surface area contributed by atoms with Crippen molar-refractivity contribution >= 4 is 46.3 Å². The van der Waals surface area contributed by atoms with Gasteiger partial charge in [-0.25, -0.2) is 0 Å². The number of hydrogen-bond donors (Lipinski definition) is 1. The van der Waals surface area contributed by atoms with Gasteiger partial charge in [0.05, 0.1) is 30.7 Å².